The highest BCUT2D eigenvalue weighted by molar-refractivity contribution is 7.15. The fourth-order valence-electron chi connectivity index (χ4n) is 2.55. The molecule has 0 unspecified atom stereocenters. The Labute approximate surface area is 133 Å². The number of pyridine rings is 1. The Balaban J connectivity index is 1.61. The Morgan fingerprint density at radius 1 is 1.36 bits per heavy atom. The second kappa shape index (κ2) is 6.44. The largest absolute Gasteiger partial charge is 0.483 e. The second-order valence-electron chi connectivity index (χ2n) is 5.44. The number of aromatic nitrogens is 2. The van der Waals surface area contributed by atoms with Crippen LogP contribution >= 0.6 is 11.3 Å². The Bertz CT molecular complexity index is 677. The molecule has 0 atom stereocenters. The molecule has 2 heterocycles. The van der Waals surface area contributed by atoms with E-state index in [1.807, 2.05) is 19.9 Å². The van der Waals surface area contributed by atoms with Gasteiger partial charge in [0, 0.05) is 22.3 Å². The fraction of sp³-hybridized carbons (Fsp3) is 0.438. The summed E-state index contributed by atoms with van der Waals surface area (Å²) in [4.78, 5) is 21.8. The molecule has 116 valence electrons. The number of carbonyl (C=O) groups excluding carboxylic acids is 1. The average Bonchev–Trinajstić information content (AvgIpc) is 2.83. The van der Waals surface area contributed by atoms with E-state index in [1.54, 1.807) is 6.20 Å². The lowest BCUT2D eigenvalue weighted by atomic mass is 9.95. The van der Waals surface area contributed by atoms with Crippen molar-refractivity contribution >= 4 is 22.4 Å². The molecule has 2 aromatic heterocycles. The first-order chi connectivity index (χ1) is 10.6. The van der Waals surface area contributed by atoms with Gasteiger partial charge >= 0.3 is 0 Å². The Morgan fingerprint density at radius 2 is 2.18 bits per heavy atom. The van der Waals surface area contributed by atoms with Crippen molar-refractivity contribution in [2.75, 3.05) is 11.9 Å². The molecular formula is C16H19N3O2S. The van der Waals surface area contributed by atoms with Crippen LogP contribution in [0.15, 0.2) is 12.3 Å². The Hall–Kier alpha value is -1.95. The number of hydrogen-bond donors (Lipinski definition) is 1. The number of carbonyl (C=O) groups is 1. The summed E-state index contributed by atoms with van der Waals surface area (Å²) in [5, 5.41) is 3.41. The standard InChI is InChI=1S/C16H19N3O2S/c1-10-11(2)22-16(18-10)19-15(20)9-21-14-7-8-17-13-6-4-3-5-12(13)14/h7-8H,3-6,9H2,1-2H3,(H,18,19,20). The van der Waals surface area contributed by atoms with Gasteiger partial charge in [-0.25, -0.2) is 4.98 Å². The number of nitrogens with one attached hydrogen (secondary N) is 1. The van der Waals surface area contributed by atoms with E-state index in [-0.39, 0.29) is 12.5 Å². The number of fused-ring (bicyclic) bond motifs is 1. The minimum Gasteiger partial charge on any atom is -0.483 e. The van der Waals surface area contributed by atoms with Gasteiger partial charge in [0.15, 0.2) is 11.7 Å². The van der Waals surface area contributed by atoms with Crippen molar-refractivity contribution in [1.82, 2.24) is 9.97 Å². The number of anilines is 1. The molecule has 0 aromatic carbocycles. The lowest BCUT2D eigenvalue weighted by Gasteiger charge is -2.18. The van der Waals surface area contributed by atoms with Crippen molar-refractivity contribution in [3.05, 3.63) is 34.1 Å². The van der Waals surface area contributed by atoms with Gasteiger partial charge in [-0.2, -0.15) is 0 Å². The predicted octanol–water partition coefficient (Wildman–Crippen LogP) is 3.05. The lowest BCUT2D eigenvalue weighted by Crippen LogP contribution is -2.21. The van der Waals surface area contributed by atoms with Gasteiger partial charge < -0.3 is 4.74 Å². The van der Waals surface area contributed by atoms with E-state index in [2.05, 4.69) is 15.3 Å². The molecular weight excluding hydrogens is 298 g/mol. The van der Waals surface area contributed by atoms with E-state index in [0.29, 0.717) is 5.13 Å². The second-order valence-corrected chi connectivity index (χ2v) is 6.64. The van der Waals surface area contributed by atoms with Crippen LogP contribution in [-0.4, -0.2) is 22.5 Å². The molecule has 2 aromatic rings. The molecule has 0 fully saturated rings. The van der Waals surface area contributed by atoms with Crippen LogP contribution < -0.4 is 10.1 Å². The maximum absolute atomic E-state index is 12.0. The summed E-state index contributed by atoms with van der Waals surface area (Å²) in [5.41, 5.74) is 3.21. The van der Waals surface area contributed by atoms with E-state index in [9.17, 15) is 4.79 Å². The number of hydrogen-bond acceptors (Lipinski definition) is 5. The zero-order chi connectivity index (χ0) is 15.5. The van der Waals surface area contributed by atoms with Crippen molar-refractivity contribution in [2.24, 2.45) is 0 Å². The first-order valence-corrected chi connectivity index (χ1v) is 8.28. The maximum atomic E-state index is 12.0. The van der Waals surface area contributed by atoms with Crippen molar-refractivity contribution in [3.63, 3.8) is 0 Å². The summed E-state index contributed by atoms with van der Waals surface area (Å²) in [5.74, 6) is 0.599. The van der Waals surface area contributed by atoms with Gasteiger partial charge in [0.2, 0.25) is 0 Å². The number of aryl methyl sites for hydroxylation is 3. The fourth-order valence-corrected chi connectivity index (χ4v) is 3.38. The molecule has 1 amide bonds. The summed E-state index contributed by atoms with van der Waals surface area (Å²) < 4.78 is 5.70. The highest BCUT2D eigenvalue weighted by atomic mass is 32.1. The first kappa shape index (κ1) is 15.0. The van der Waals surface area contributed by atoms with Crippen LogP contribution in [0.3, 0.4) is 0 Å². The van der Waals surface area contributed by atoms with E-state index in [1.165, 1.54) is 17.8 Å². The third-order valence-corrected chi connectivity index (χ3v) is 4.81. The van der Waals surface area contributed by atoms with Crippen LogP contribution in [0.2, 0.25) is 0 Å². The van der Waals surface area contributed by atoms with Crippen LogP contribution in [0.4, 0.5) is 5.13 Å². The van der Waals surface area contributed by atoms with Crippen LogP contribution in [0.25, 0.3) is 0 Å². The molecule has 0 saturated heterocycles. The van der Waals surface area contributed by atoms with E-state index >= 15 is 0 Å². The zero-order valence-corrected chi connectivity index (χ0v) is 13.6. The Morgan fingerprint density at radius 3 is 2.95 bits per heavy atom. The highest BCUT2D eigenvalue weighted by Crippen LogP contribution is 2.28. The predicted molar refractivity (Wildman–Crippen MR) is 86.6 cm³/mol. The molecule has 22 heavy (non-hydrogen) atoms. The van der Waals surface area contributed by atoms with Gasteiger partial charge in [-0.05, 0) is 45.6 Å². The van der Waals surface area contributed by atoms with Crippen molar-refractivity contribution < 1.29 is 9.53 Å². The summed E-state index contributed by atoms with van der Waals surface area (Å²) in [6.45, 7) is 3.91. The molecule has 0 spiro atoms. The lowest BCUT2D eigenvalue weighted by molar-refractivity contribution is -0.118. The van der Waals surface area contributed by atoms with Crippen LogP contribution in [0.1, 0.15) is 34.7 Å². The molecule has 3 rings (SSSR count). The van der Waals surface area contributed by atoms with Crippen LogP contribution in [0.5, 0.6) is 5.75 Å². The summed E-state index contributed by atoms with van der Waals surface area (Å²) in [6.07, 6.45) is 6.05. The van der Waals surface area contributed by atoms with Crippen molar-refractivity contribution in [1.29, 1.82) is 0 Å². The third kappa shape index (κ3) is 3.27. The average molecular weight is 317 g/mol. The number of rotatable bonds is 4. The van der Waals surface area contributed by atoms with Gasteiger partial charge in [-0.3, -0.25) is 15.1 Å². The van der Waals surface area contributed by atoms with Crippen LogP contribution in [0, 0.1) is 13.8 Å². The van der Waals surface area contributed by atoms with Gasteiger partial charge in [0.1, 0.15) is 5.75 Å². The van der Waals surface area contributed by atoms with Gasteiger partial charge in [0.25, 0.3) is 5.91 Å². The molecule has 1 N–H and O–H groups in total. The number of thiazole rings is 1. The monoisotopic (exact) mass is 317 g/mol. The first-order valence-electron chi connectivity index (χ1n) is 7.47. The third-order valence-electron chi connectivity index (χ3n) is 3.83. The molecule has 0 saturated carbocycles. The number of nitrogens with zero attached hydrogens (tertiary/aromatic N) is 2. The van der Waals surface area contributed by atoms with Crippen molar-refractivity contribution in [2.45, 2.75) is 39.5 Å². The van der Waals surface area contributed by atoms with E-state index in [4.69, 9.17) is 4.74 Å². The molecule has 0 bridgehead atoms. The topological polar surface area (TPSA) is 64.1 Å². The van der Waals surface area contributed by atoms with Crippen molar-refractivity contribution in [3.8, 4) is 5.75 Å². The maximum Gasteiger partial charge on any atom is 0.264 e. The molecule has 0 aliphatic heterocycles. The normalized spacial score (nSPS) is 13.5. The van der Waals surface area contributed by atoms with Crippen LogP contribution in [-0.2, 0) is 17.6 Å². The van der Waals surface area contributed by atoms with Gasteiger partial charge in [0.05, 0.1) is 5.69 Å². The minimum absolute atomic E-state index is 0.00582. The molecule has 6 heteroatoms. The van der Waals surface area contributed by atoms with Gasteiger partial charge in [-0.15, -0.1) is 11.3 Å². The summed E-state index contributed by atoms with van der Waals surface area (Å²) in [7, 11) is 0. The zero-order valence-electron chi connectivity index (χ0n) is 12.8. The molecule has 1 aliphatic rings. The minimum atomic E-state index is -0.185. The summed E-state index contributed by atoms with van der Waals surface area (Å²) in [6, 6.07) is 1.84. The molecule has 1 aliphatic carbocycles. The quantitative estimate of drug-likeness (QED) is 0.941. The Kier molecular flexibility index (Phi) is 4.38. The summed E-state index contributed by atoms with van der Waals surface area (Å²) >= 11 is 1.48. The SMILES string of the molecule is Cc1nc(NC(=O)COc2ccnc3c2CCCC3)sc1C. The number of amides is 1. The molecule has 0 radical (unpaired) electrons. The van der Waals surface area contributed by atoms with E-state index in [0.717, 1.165) is 46.8 Å². The van der Waals surface area contributed by atoms with Gasteiger partial charge in [-0.1, -0.05) is 0 Å². The number of ether oxygens (including phenoxy) is 1. The van der Waals surface area contributed by atoms with E-state index < -0.39 is 0 Å². The highest BCUT2D eigenvalue weighted by Gasteiger charge is 2.16. The smallest absolute Gasteiger partial charge is 0.264 e. The molecule has 5 nitrogen and oxygen atoms in total.